The second kappa shape index (κ2) is 5.09. The highest BCUT2D eigenvalue weighted by Gasteiger charge is 2.29. The van der Waals surface area contributed by atoms with Crippen LogP contribution in [-0.4, -0.2) is 15.1 Å². The maximum absolute atomic E-state index is 10.9. The van der Waals surface area contributed by atoms with E-state index >= 15 is 0 Å². The fourth-order valence-electron chi connectivity index (χ4n) is 1.73. The van der Waals surface area contributed by atoms with Crippen LogP contribution in [0.5, 0.6) is 5.75 Å². The number of halogens is 1. The van der Waals surface area contributed by atoms with Gasteiger partial charge in [-0.05, 0) is 18.9 Å². The number of hydrogen-bond acceptors (Lipinski definition) is 6. The van der Waals surface area contributed by atoms with Crippen LogP contribution in [0.3, 0.4) is 0 Å². The molecule has 0 N–H and O–H groups in total. The second-order valence-corrected chi connectivity index (χ2v) is 4.91. The van der Waals surface area contributed by atoms with Crippen molar-refractivity contribution in [2.24, 2.45) is 0 Å². The quantitative estimate of drug-likeness (QED) is 0.622. The molecule has 1 fully saturated rings. The summed E-state index contributed by atoms with van der Waals surface area (Å²) in [6.07, 6.45) is 2.14. The van der Waals surface area contributed by atoms with Crippen molar-refractivity contribution >= 4 is 17.3 Å². The van der Waals surface area contributed by atoms with E-state index in [0.717, 1.165) is 12.8 Å². The molecule has 0 amide bonds. The van der Waals surface area contributed by atoms with E-state index in [4.69, 9.17) is 20.9 Å². The molecule has 0 aliphatic heterocycles. The zero-order chi connectivity index (χ0) is 14.1. The summed E-state index contributed by atoms with van der Waals surface area (Å²) in [5.41, 5.74) is -0.156. The van der Waals surface area contributed by atoms with Crippen LogP contribution in [0.2, 0.25) is 5.02 Å². The highest BCUT2D eigenvalue weighted by molar-refractivity contribution is 6.30. The van der Waals surface area contributed by atoms with Crippen molar-refractivity contribution < 1.29 is 14.2 Å². The predicted molar refractivity (Wildman–Crippen MR) is 68.7 cm³/mol. The number of rotatable bonds is 5. The third kappa shape index (κ3) is 2.72. The molecule has 2 aromatic rings. The molecule has 7 nitrogen and oxygen atoms in total. The van der Waals surface area contributed by atoms with Crippen molar-refractivity contribution in [2.75, 3.05) is 0 Å². The highest BCUT2D eigenvalue weighted by atomic mass is 35.5. The van der Waals surface area contributed by atoms with E-state index in [1.165, 1.54) is 18.2 Å². The maximum atomic E-state index is 10.9. The largest absolute Gasteiger partial charge is 0.477 e. The molecule has 104 valence electrons. The molecule has 0 atom stereocenters. The Hall–Kier alpha value is -2.15. The Morgan fingerprint density at radius 1 is 1.50 bits per heavy atom. The van der Waals surface area contributed by atoms with Gasteiger partial charge in [-0.15, -0.1) is 0 Å². The lowest BCUT2D eigenvalue weighted by molar-refractivity contribution is -0.386. The standard InChI is InChI=1S/C12H10ClN3O4/c13-8-3-4-9(16(17)18)10(5-8)19-6-11-14-12(15-20-11)7-1-2-7/h3-5,7H,1-2,6H2. The SMILES string of the molecule is O=[N+]([O-])c1ccc(Cl)cc1OCc1nc(C2CC2)no1. The minimum atomic E-state index is -0.533. The van der Waals surface area contributed by atoms with Crippen molar-refractivity contribution in [3.05, 3.63) is 45.1 Å². The third-order valence-corrected chi connectivity index (χ3v) is 3.13. The van der Waals surface area contributed by atoms with Gasteiger partial charge in [0.25, 0.3) is 5.89 Å². The highest BCUT2D eigenvalue weighted by Crippen LogP contribution is 2.38. The van der Waals surface area contributed by atoms with E-state index in [1.54, 1.807) is 0 Å². The number of hydrogen-bond donors (Lipinski definition) is 0. The molecule has 0 spiro atoms. The number of aromatic nitrogens is 2. The van der Waals surface area contributed by atoms with Gasteiger partial charge in [0.15, 0.2) is 18.2 Å². The third-order valence-electron chi connectivity index (χ3n) is 2.90. The molecule has 1 heterocycles. The monoisotopic (exact) mass is 295 g/mol. The fraction of sp³-hybridized carbons (Fsp3) is 0.333. The van der Waals surface area contributed by atoms with Gasteiger partial charge in [-0.3, -0.25) is 10.1 Å². The molecular formula is C12H10ClN3O4. The predicted octanol–water partition coefficient (Wildman–Crippen LogP) is 3.09. The van der Waals surface area contributed by atoms with Crippen molar-refractivity contribution in [3.63, 3.8) is 0 Å². The van der Waals surface area contributed by atoms with Gasteiger partial charge in [0.2, 0.25) is 0 Å². The summed E-state index contributed by atoms with van der Waals surface area (Å²) in [5.74, 6) is 1.42. The Kier molecular flexibility index (Phi) is 3.27. The van der Waals surface area contributed by atoms with Gasteiger partial charge in [-0.25, -0.2) is 0 Å². The lowest BCUT2D eigenvalue weighted by Gasteiger charge is -2.04. The van der Waals surface area contributed by atoms with E-state index in [1.807, 2.05) is 0 Å². The first-order chi connectivity index (χ1) is 9.63. The normalized spacial score (nSPS) is 14.2. The average molecular weight is 296 g/mol. The van der Waals surface area contributed by atoms with Crippen LogP contribution < -0.4 is 4.74 Å². The maximum Gasteiger partial charge on any atom is 0.311 e. The van der Waals surface area contributed by atoms with Gasteiger partial charge in [0.1, 0.15) is 0 Å². The van der Waals surface area contributed by atoms with Crippen LogP contribution in [0, 0.1) is 10.1 Å². The van der Waals surface area contributed by atoms with Crippen molar-refractivity contribution in [1.29, 1.82) is 0 Å². The van der Waals surface area contributed by atoms with E-state index < -0.39 is 4.92 Å². The van der Waals surface area contributed by atoms with Crippen LogP contribution in [0.15, 0.2) is 22.7 Å². The summed E-state index contributed by atoms with van der Waals surface area (Å²) in [4.78, 5) is 14.5. The summed E-state index contributed by atoms with van der Waals surface area (Å²) in [6.45, 7) is -0.0269. The van der Waals surface area contributed by atoms with Crippen LogP contribution in [0.4, 0.5) is 5.69 Å². The molecule has 0 unspecified atom stereocenters. The first-order valence-corrected chi connectivity index (χ1v) is 6.40. The van der Waals surface area contributed by atoms with Crippen LogP contribution in [0.1, 0.15) is 30.5 Å². The number of nitro benzene ring substituents is 1. The van der Waals surface area contributed by atoms with Crippen molar-refractivity contribution in [1.82, 2.24) is 10.1 Å². The van der Waals surface area contributed by atoms with Gasteiger partial charge in [0.05, 0.1) is 4.92 Å². The summed E-state index contributed by atoms with van der Waals surface area (Å²) in [7, 11) is 0. The molecule has 0 saturated heterocycles. The molecule has 0 radical (unpaired) electrons. The fourth-order valence-corrected chi connectivity index (χ4v) is 1.89. The molecule has 0 bridgehead atoms. The number of benzene rings is 1. The van der Waals surface area contributed by atoms with E-state index in [0.29, 0.717) is 22.7 Å². The molecule has 3 rings (SSSR count). The zero-order valence-corrected chi connectivity index (χ0v) is 11.0. The van der Waals surface area contributed by atoms with Gasteiger partial charge < -0.3 is 9.26 Å². The second-order valence-electron chi connectivity index (χ2n) is 4.48. The molecular weight excluding hydrogens is 286 g/mol. The molecule has 1 aromatic carbocycles. The zero-order valence-electron chi connectivity index (χ0n) is 10.3. The van der Waals surface area contributed by atoms with Gasteiger partial charge in [-0.2, -0.15) is 4.98 Å². The van der Waals surface area contributed by atoms with E-state index in [9.17, 15) is 10.1 Å². The molecule has 1 saturated carbocycles. The first kappa shape index (κ1) is 12.9. The van der Waals surface area contributed by atoms with Gasteiger partial charge in [0, 0.05) is 23.1 Å². The smallest absolute Gasteiger partial charge is 0.311 e. The number of nitrogens with zero attached hydrogens (tertiary/aromatic N) is 3. The first-order valence-electron chi connectivity index (χ1n) is 6.02. The summed E-state index contributed by atoms with van der Waals surface area (Å²) in [6, 6.07) is 4.11. The number of ether oxygens (including phenoxy) is 1. The van der Waals surface area contributed by atoms with E-state index in [-0.39, 0.29) is 18.0 Å². The van der Waals surface area contributed by atoms with Gasteiger partial charge in [-0.1, -0.05) is 16.8 Å². The Balaban J connectivity index is 1.73. The molecule has 1 aliphatic rings. The Morgan fingerprint density at radius 3 is 3.00 bits per heavy atom. The Labute approximate surface area is 118 Å². The topological polar surface area (TPSA) is 91.3 Å². The number of nitro groups is 1. The molecule has 8 heteroatoms. The Bertz CT molecular complexity index is 654. The van der Waals surface area contributed by atoms with Crippen molar-refractivity contribution in [2.45, 2.75) is 25.4 Å². The van der Waals surface area contributed by atoms with Crippen LogP contribution in [-0.2, 0) is 6.61 Å². The molecule has 1 aromatic heterocycles. The summed E-state index contributed by atoms with van der Waals surface area (Å²) < 4.78 is 10.4. The van der Waals surface area contributed by atoms with Crippen LogP contribution >= 0.6 is 11.6 Å². The van der Waals surface area contributed by atoms with Crippen LogP contribution in [0.25, 0.3) is 0 Å². The molecule has 1 aliphatic carbocycles. The van der Waals surface area contributed by atoms with Crippen molar-refractivity contribution in [3.8, 4) is 5.75 Å². The Morgan fingerprint density at radius 2 is 2.30 bits per heavy atom. The minimum absolute atomic E-state index is 0.0269. The minimum Gasteiger partial charge on any atom is -0.477 e. The summed E-state index contributed by atoms with van der Waals surface area (Å²) >= 11 is 5.80. The lowest BCUT2D eigenvalue weighted by Crippen LogP contribution is -1.99. The lowest BCUT2D eigenvalue weighted by atomic mass is 10.3. The van der Waals surface area contributed by atoms with Gasteiger partial charge >= 0.3 is 5.69 Å². The van der Waals surface area contributed by atoms with E-state index in [2.05, 4.69) is 10.1 Å². The molecule has 20 heavy (non-hydrogen) atoms. The average Bonchev–Trinajstić information content (AvgIpc) is 3.15. The summed E-state index contributed by atoms with van der Waals surface area (Å²) in [5, 5.41) is 15.1.